The number of ether oxygens (including phenoxy) is 1. The molecule has 2 heteroatoms. The Morgan fingerprint density at radius 1 is 1.29 bits per heavy atom. The summed E-state index contributed by atoms with van der Waals surface area (Å²) in [4.78, 5) is 0. The van der Waals surface area contributed by atoms with Gasteiger partial charge in [-0.3, -0.25) is 0 Å². The van der Waals surface area contributed by atoms with E-state index in [9.17, 15) is 0 Å². The largest absolute Gasteiger partial charge is 0.493 e. The minimum atomic E-state index is 0.723. The van der Waals surface area contributed by atoms with Crippen molar-refractivity contribution in [3.05, 3.63) is 28.8 Å². The number of nitrogens with one attached hydrogen (secondary N) is 1. The van der Waals surface area contributed by atoms with Crippen LogP contribution < -0.4 is 10.1 Å². The fraction of sp³-hybridized carbons (Fsp3) is 0.500. The zero-order valence-electron chi connectivity index (χ0n) is 9.48. The van der Waals surface area contributed by atoms with E-state index in [2.05, 4.69) is 31.3 Å². The van der Waals surface area contributed by atoms with Gasteiger partial charge in [0.25, 0.3) is 0 Å². The van der Waals surface area contributed by atoms with Crippen LogP contribution in [0.3, 0.4) is 0 Å². The summed E-state index contributed by atoms with van der Waals surface area (Å²) in [6, 6.07) is 4.33. The lowest BCUT2D eigenvalue weighted by Gasteiger charge is -2.13. The van der Waals surface area contributed by atoms with Gasteiger partial charge in [-0.15, -0.1) is 0 Å². The van der Waals surface area contributed by atoms with E-state index < -0.39 is 0 Å². The van der Waals surface area contributed by atoms with E-state index in [0.29, 0.717) is 0 Å². The molecule has 0 aliphatic heterocycles. The molecule has 0 aliphatic carbocycles. The van der Waals surface area contributed by atoms with Crippen LogP contribution in [0.2, 0.25) is 0 Å². The van der Waals surface area contributed by atoms with Gasteiger partial charge in [-0.1, -0.05) is 17.7 Å². The van der Waals surface area contributed by atoms with Gasteiger partial charge < -0.3 is 10.1 Å². The standard InChI is InChI=1S/C12H19NO/c1-5-14-12-10(3)6-9(2)7-11(12)8-13-4/h6-7,13H,5,8H2,1-4H3. The number of hydrogen-bond acceptors (Lipinski definition) is 2. The molecule has 0 saturated heterocycles. The van der Waals surface area contributed by atoms with Crippen LogP contribution in [0, 0.1) is 13.8 Å². The molecule has 0 saturated carbocycles. The average Bonchev–Trinajstić information content (AvgIpc) is 2.11. The van der Waals surface area contributed by atoms with Gasteiger partial charge in [0.2, 0.25) is 0 Å². The summed E-state index contributed by atoms with van der Waals surface area (Å²) in [6.07, 6.45) is 0. The second-order valence-electron chi connectivity index (χ2n) is 3.53. The Morgan fingerprint density at radius 3 is 2.57 bits per heavy atom. The lowest BCUT2D eigenvalue weighted by atomic mass is 10.1. The summed E-state index contributed by atoms with van der Waals surface area (Å²) in [7, 11) is 1.95. The molecular weight excluding hydrogens is 174 g/mol. The predicted octanol–water partition coefficient (Wildman–Crippen LogP) is 2.42. The van der Waals surface area contributed by atoms with Gasteiger partial charge in [0.15, 0.2) is 0 Å². The highest BCUT2D eigenvalue weighted by Crippen LogP contribution is 2.25. The number of benzene rings is 1. The molecule has 0 atom stereocenters. The molecule has 14 heavy (non-hydrogen) atoms. The fourth-order valence-electron chi connectivity index (χ4n) is 1.71. The van der Waals surface area contributed by atoms with Gasteiger partial charge in [-0.25, -0.2) is 0 Å². The zero-order chi connectivity index (χ0) is 10.6. The second kappa shape index (κ2) is 5.01. The van der Waals surface area contributed by atoms with Crippen LogP contribution in [0.15, 0.2) is 12.1 Å². The van der Waals surface area contributed by atoms with Gasteiger partial charge in [-0.05, 0) is 33.4 Å². The maximum atomic E-state index is 5.64. The normalized spacial score (nSPS) is 10.3. The van der Waals surface area contributed by atoms with E-state index in [-0.39, 0.29) is 0 Å². The smallest absolute Gasteiger partial charge is 0.126 e. The number of rotatable bonds is 4. The molecule has 1 N–H and O–H groups in total. The Bertz CT molecular complexity index is 307. The van der Waals surface area contributed by atoms with Gasteiger partial charge >= 0.3 is 0 Å². The third kappa shape index (κ3) is 2.48. The summed E-state index contributed by atoms with van der Waals surface area (Å²) in [6.45, 7) is 7.81. The van der Waals surface area contributed by atoms with Crippen molar-refractivity contribution in [3.63, 3.8) is 0 Å². The molecule has 2 nitrogen and oxygen atoms in total. The van der Waals surface area contributed by atoms with Crippen molar-refractivity contribution in [2.75, 3.05) is 13.7 Å². The minimum Gasteiger partial charge on any atom is -0.493 e. The first-order chi connectivity index (χ1) is 6.69. The molecule has 78 valence electrons. The van der Waals surface area contributed by atoms with Crippen LogP contribution in [0.25, 0.3) is 0 Å². The molecule has 0 fully saturated rings. The molecule has 0 spiro atoms. The van der Waals surface area contributed by atoms with Crippen molar-refractivity contribution >= 4 is 0 Å². The van der Waals surface area contributed by atoms with Crippen molar-refractivity contribution in [1.82, 2.24) is 5.32 Å². The van der Waals surface area contributed by atoms with Crippen LogP contribution in [-0.2, 0) is 6.54 Å². The highest BCUT2D eigenvalue weighted by Gasteiger charge is 2.06. The van der Waals surface area contributed by atoms with Gasteiger partial charge in [0.05, 0.1) is 6.61 Å². The minimum absolute atomic E-state index is 0.723. The van der Waals surface area contributed by atoms with E-state index in [1.807, 2.05) is 14.0 Å². The molecular formula is C12H19NO. The molecule has 0 bridgehead atoms. The topological polar surface area (TPSA) is 21.3 Å². The van der Waals surface area contributed by atoms with Crippen LogP contribution in [0.5, 0.6) is 5.75 Å². The van der Waals surface area contributed by atoms with E-state index >= 15 is 0 Å². The van der Waals surface area contributed by atoms with Gasteiger partial charge in [0.1, 0.15) is 5.75 Å². The van der Waals surface area contributed by atoms with Crippen LogP contribution in [0.1, 0.15) is 23.6 Å². The lowest BCUT2D eigenvalue weighted by Crippen LogP contribution is -2.08. The van der Waals surface area contributed by atoms with Crippen LogP contribution in [-0.4, -0.2) is 13.7 Å². The van der Waals surface area contributed by atoms with Crippen molar-refractivity contribution in [2.24, 2.45) is 0 Å². The maximum absolute atomic E-state index is 5.64. The van der Waals surface area contributed by atoms with E-state index in [0.717, 1.165) is 18.9 Å². The Balaban J connectivity index is 3.07. The Morgan fingerprint density at radius 2 is 2.00 bits per heavy atom. The highest BCUT2D eigenvalue weighted by atomic mass is 16.5. The third-order valence-electron chi connectivity index (χ3n) is 2.15. The van der Waals surface area contributed by atoms with E-state index in [1.54, 1.807) is 0 Å². The summed E-state index contributed by atoms with van der Waals surface area (Å²) >= 11 is 0. The van der Waals surface area contributed by atoms with E-state index in [4.69, 9.17) is 4.74 Å². The average molecular weight is 193 g/mol. The predicted molar refractivity (Wildman–Crippen MR) is 59.8 cm³/mol. The molecule has 0 unspecified atom stereocenters. The Kier molecular flexibility index (Phi) is 3.96. The first kappa shape index (κ1) is 11.1. The molecule has 0 heterocycles. The number of hydrogen-bond donors (Lipinski definition) is 1. The van der Waals surface area contributed by atoms with Crippen molar-refractivity contribution in [1.29, 1.82) is 0 Å². The molecule has 1 rings (SSSR count). The summed E-state index contributed by atoms with van der Waals surface area (Å²) in [5.74, 6) is 1.03. The van der Waals surface area contributed by atoms with Crippen molar-refractivity contribution in [3.8, 4) is 5.75 Å². The molecule has 0 radical (unpaired) electrons. The summed E-state index contributed by atoms with van der Waals surface area (Å²) in [5, 5.41) is 3.16. The summed E-state index contributed by atoms with van der Waals surface area (Å²) in [5.41, 5.74) is 3.75. The highest BCUT2D eigenvalue weighted by molar-refractivity contribution is 5.43. The SMILES string of the molecule is CCOc1c(C)cc(C)cc1CNC. The lowest BCUT2D eigenvalue weighted by molar-refractivity contribution is 0.333. The molecule has 0 aliphatic rings. The number of aryl methyl sites for hydroxylation is 2. The molecule has 0 amide bonds. The maximum Gasteiger partial charge on any atom is 0.126 e. The first-order valence-corrected chi connectivity index (χ1v) is 5.06. The summed E-state index contributed by atoms with van der Waals surface area (Å²) < 4.78 is 5.64. The first-order valence-electron chi connectivity index (χ1n) is 5.06. The third-order valence-corrected chi connectivity index (χ3v) is 2.15. The van der Waals surface area contributed by atoms with Crippen molar-refractivity contribution < 1.29 is 4.74 Å². The van der Waals surface area contributed by atoms with Gasteiger partial charge in [0, 0.05) is 12.1 Å². The van der Waals surface area contributed by atoms with Gasteiger partial charge in [-0.2, -0.15) is 0 Å². The van der Waals surface area contributed by atoms with E-state index in [1.165, 1.54) is 16.7 Å². The quantitative estimate of drug-likeness (QED) is 0.793. The molecule has 0 aromatic heterocycles. The molecule has 1 aromatic rings. The molecule has 1 aromatic carbocycles. The fourth-order valence-corrected chi connectivity index (χ4v) is 1.71. The monoisotopic (exact) mass is 193 g/mol. The Hall–Kier alpha value is -1.02. The second-order valence-corrected chi connectivity index (χ2v) is 3.53. The van der Waals surface area contributed by atoms with Crippen LogP contribution >= 0.6 is 0 Å². The van der Waals surface area contributed by atoms with Crippen LogP contribution in [0.4, 0.5) is 0 Å². The van der Waals surface area contributed by atoms with Crippen molar-refractivity contribution in [2.45, 2.75) is 27.3 Å². The Labute approximate surface area is 86.3 Å². The zero-order valence-corrected chi connectivity index (χ0v) is 9.48.